The lowest BCUT2D eigenvalue weighted by molar-refractivity contribution is 0.0951. The number of anilines is 1. The van der Waals surface area contributed by atoms with E-state index in [9.17, 15) is 14.7 Å². The van der Waals surface area contributed by atoms with E-state index in [1.807, 2.05) is 0 Å². The quantitative estimate of drug-likeness (QED) is 0.477. The molecule has 0 aliphatic rings. The molecule has 3 N–H and O–H groups in total. The number of furan rings is 1. The molecule has 0 unspecified atom stereocenters. The van der Waals surface area contributed by atoms with Gasteiger partial charge in [0, 0.05) is 5.69 Å². The van der Waals surface area contributed by atoms with Crippen LogP contribution in [0.5, 0.6) is 5.75 Å². The van der Waals surface area contributed by atoms with E-state index in [-0.39, 0.29) is 23.0 Å². The lowest BCUT2D eigenvalue weighted by atomic mass is 10.1. The molecular formula is C20H17N3O4. The Kier molecular flexibility index (Phi) is 5.32. The van der Waals surface area contributed by atoms with Gasteiger partial charge in [0.2, 0.25) is 0 Å². The third-order valence-electron chi connectivity index (χ3n) is 3.78. The van der Waals surface area contributed by atoms with Crippen molar-refractivity contribution < 1.29 is 19.1 Å². The number of amides is 2. The number of phenolic OH excluding ortho intramolecular Hbond substituents is 1. The molecule has 1 heterocycles. The van der Waals surface area contributed by atoms with Crippen LogP contribution in [0.25, 0.3) is 0 Å². The molecule has 0 bridgehead atoms. The zero-order valence-electron chi connectivity index (χ0n) is 14.5. The van der Waals surface area contributed by atoms with Crippen LogP contribution in [0.2, 0.25) is 0 Å². The number of nitrogens with one attached hydrogen (secondary N) is 2. The number of rotatable bonds is 5. The third kappa shape index (κ3) is 4.40. The fourth-order valence-electron chi connectivity index (χ4n) is 2.32. The standard InChI is InChI=1S/C20H17N3O4/c1-13(22-23-19(25)16-5-2-3-6-17(16)24)14-8-10-15(11-9-14)21-20(26)18-7-4-12-27-18/h2-12,24H,1H3,(H,21,26)(H,23,25)/b22-13+. The highest BCUT2D eigenvalue weighted by Crippen LogP contribution is 2.15. The van der Waals surface area contributed by atoms with Crippen molar-refractivity contribution in [2.45, 2.75) is 6.92 Å². The van der Waals surface area contributed by atoms with Crippen molar-refractivity contribution in [2.24, 2.45) is 5.10 Å². The number of hydrogen-bond acceptors (Lipinski definition) is 5. The van der Waals surface area contributed by atoms with E-state index in [1.54, 1.807) is 55.5 Å². The van der Waals surface area contributed by atoms with Gasteiger partial charge in [0.15, 0.2) is 5.76 Å². The Labute approximate surface area is 155 Å². The van der Waals surface area contributed by atoms with Crippen LogP contribution in [-0.4, -0.2) is 22.6 Å². The lowest BCUT2D eigenvalue weighted by Crippen LogP contribution is -2.19. The van der Waals surface area contributed by atoms with E-state index in [1.165, 1.54) is 18.4 Å². The molecule has 1 aromatic heterocycles. The molecule has 27 heavy (non-hydrogen) atoms. The van der Waals surface area contributed by atoms with Crippen molar-refractivity contribution in [2.75, 3.05) is 5.32 Å². The summed E-state index contributed by atoms with van der Waals surface area (Å²) in [6.45, 7) is 1.74. The smallest absolute Gasteiger partial charge is 0.291 e. The number of aromatic hydroxyl groups is 1. The Bertz CT molecular complexity index is 977. The average molecular weight is 363 g/mol. The number of phenols is 1. The lowest BCUT2D eigenvalue weighted by Gasteiger charge is -2.06. The molecule has 0 saturated carbocycles. The van der Waals surface area contributed by atoms with E-state index in [0.717, 1.165) is 5.56 Å². The van der Waals surface area contributed by atoms with E-state index in [4.69, 9.17) is 4.42 Å². The van der Waals surface area contributed by atoms with Gasteiger partial charge in [-0.2, -0.15) is 5.10 Å². The Morgan fingerprint density at radius 1 is 0.963 bits per heavy atom. The average Bonchev–Trinajstić information content (AvgIpc) is 3.22. The Morgan fingerprint density at radius 2 is 1.70 bits per heavy atom. The molecular weight excluding hydrogens is 346 g/mol. The van der Waals surface area contributed by atoms with Crippen LogP contribution in [0.3, 0.4) is 0 Å². The second kappa shape index (κ2) is 8.01. The first-order valence-corrected chi connectivity index (χ1v) is 8.12. The number of benzene rings is 2. The summed E-state index contributed by atoms with van der Waals surface area (Å²) < 4.78 is 5.04. The van der Waals surface area contributed by atoms with Crippen LogP contribution >= 0.6 is 0 Å². The van der Waals surface area contributed by atoms with Crippen LogP contribution in [0.15, 0.2) is 76.4 Å². The molecule has 3 aromatic rings. The third-order valence-corrected chi connectivity index (χ3v) is 3.78. The van der Waals surface area contributed by atoms with Gasteiger partial charge in [-0.1, -0.05) is 24.3 Å². The van der Waals surface area contributed by atoms with Crippen LogP contribution < -0.4 is 10.7 Å². The molecule has 2 aromatic carbocycles. The SMILES string of the molecule is C/C(=N\NC(=O)c1ccccc1O)c1ccc(NC(=O)c2ccco2)cc1. The summed E-state index contributed by atoms with van der Waals surface area (Å²) in [6.07, 6.45) is 1.43. The molecule has 0 aliphatic heterocycles. The molecule has 0 fully saturated rings. The van der Waals surface area contributed by atoms with Gasteiger partial charge in [0.1, 0.15) is 5.75 Å². The molecule has 7 nitrogen and oxygen atoms in total. The summed E-state index contributed by atoms with van der Waals surface area (Å²) in [5, 5.41) is 16.4. The number of hydrogen-bond donors (Lipinski definition) is 3. The fraction of sp³-hybridized carbons (Fsp3) is 0.0500. The van der Waals surface area contributed by atoms with Crippen molar-refractivity contribution in [3.63, 3.8) is 0 Å². The summed E-state index contributed by atoms with van der Waals surface area (Å²) in [5.41, 5.74) is 4.50. The number of nitrogens with zero attached hydrogens (tertiary/aromatic N) is 1. The summed E-state index contributed by atoms with van der Waals surface area (Å²) in [4.78, 5) is 24.0. The fourth-order valence-corrected chi connectivity index (χ4v) is 2.32. The zero-order valence-corrected chi connectivity index (χ0v) is 14.5. The van der Waals surface area contributed by atoms with E-state index in [2.05, 4.69) is 15.8 Å². The van der Waals surface area contributed by atoms with Crippen molar-refractivity contribution in [3.05, 3.63) is 83.8 Å². The first-order valence-electron chi connectivity index (χ1n) is 8.12. The Morgan fingerprint density at radius 3 is 2.37 bits per heavy atom. The topological polar surface area (TPSA) is 104 Å². The van der Waals surface area contributed by atoms with Crippen LogP contribution in [0, 0.1) is 0 Å². The number of carbonyl (C=O) groups is 2. The van der Waals surface area contributed by atoms with E-state index < -0.39 is 5.91 Å². The predicted octanol–water partition coefficient (Wildman–Crippen LogP) is 3.39. The van der Waals surface area contributed by atoms with Gasteiger partial charge in [-0.05, 0) is 48.9 Å². The zero-order chi connectivity index (χ0) is 19.2. The summed E-state index contributed by atoms with van der Waals surface area (Å²) in [7, 11) is 0. The van der Waals surface area contributed by atoms with Crippen molar-refractivity contribution in [3.8, 4) is 5.75 Å². The molecule has 0 spiro atoms. The first kappa shape index (κ1) is 17.9. The summed E-state index contributed by atoms with van der Waals surface area (Å²) >= 11 is 0. The maximum absolute atomic E-state index is 12.1. The number of para-hydroxylation sites is 1. The number of carbonyl (C=O) groups excluding carboxylic acids is 2. The van der Waals surface area contributed by atoms with Gasteiger partial charge in [0.05, 0.1) is 17.5 Å². The Balaban J connectivity index is 1.64. The van der Waals surface area contributed by atoms with Crippen LogP contribution in [0.1, 0.15) is 33.4 Å². The van der Waals surface area contributed by atoms with Gasteiger partial charge in [-0.15, -0.1) is 0 Å². The maximum atomic E-state index is 12.1. The molecule has 7 heteroatoms. The minimum atomic E-state index is -0.505. The van der Waals surface area contributed by atoms with Gasteiger partial charge >= 0.3 is 0 Å². The largest absolute Gasteiger partial charge is 0.507 e. The van der Waals surface area contributed by atoms with Gasteiger partial charge in [0.25, 0.3) is 11.8 Å². The molecule has 2 amide bonds. The highest BCUT2D eigenvalue weighted by molar-refractivity contribution is 6.04. The monoisotopic (exact) mass is 363 g/mol. The van der Waals surface area contributed by atoms with E-state index in [0.29, 0.717) is 11.4 Å². The van der Waals surface area contributed by atoms with Crippen molar-refractivity contribution >= 4 is 23.2 Å². The second-order valence-corrected chi connectivity index (χ2v) is 5.66. The van der Waals surface area contributed by atoms with Crippen molar-refractivity contribution in [1.82, 2.24) is 5.43 Å². The van der Waals surface area contributed by atoms with Crippen molar-refractivity contribution in [1.29, 1.82) is 0 Å². The number of hydrazone groups is 1. The molecule has 0 saturated heterocycles. The summed E-state index contributed by atoms with van der Waals surface area (Å²) in [6, 6.07) is 16.4. The normalized spacial score (nSPS) is 11.1. The van der Waals surface area contributed by atoms with Gasteiger partial charge < -0.3 is 14.8 Å². The summed E-state index contributed by atoms with van der Waals surface area (Å²) in [5.74, 6) is -0.731. The minimum Gasteiger partial charge on any atom is -0.507 e. The van der Waals surface area contributed by atoms with Crippen LogP contribution in [0.4, 0.5) is 5.69 Å². The molecule has 0 atom stereocenters. The predicted molar refractivity (Wildman–Crippen MR) is 101 cm³/mol. The maximum Gasteiger partial charge on any atom is 0.291 e. The minimum absolute atomic E-state index is 0.112. The van der Waals surface area contributed by atoms with Gasteiger partial charge in [-0.25, -0.2) is 5.43 Å². The molecule has 0 radical (unpaired) electrons. The molecule has 136 valence electrons. The molecule has 0 aliphatic carbocycles. The highest BCUT2D eigenvalue weighted by atomic mass is 16.3. The van der Waals surface area contributed by atoms with Gasteiger partial charge in [-0.3, -0.25) is 9.59 Å². The molecule has 3 rings (SSSR count). The second-order valence-electron chi connectivity index (χ2n) is 5.66. The van der Waals surface area contributed by atoms with Crippen LogP contribution in [-0.2, 0) is 0 Å². The first-order chi connectivity index (χ1) is 13.0. The van der Waals surface area contributed by atoms with E-state index >= 15 is 0 Å². The highest BCUT2D eigenvalue weighted by Gasteiger charge is 2.10. The Hall–Kier alpha value is -3.87.